The third-order valence-electron chi connectivity index (χ3n) is 7.21. The summed E-state index contributed by atoms with van der Waals surface area (Å²) in [5, 5.41) is 10.9. The second kappa shape index (κ2) is 14.3. The highest BCUT2D eigenvalue weighted by molar-refractivity contribution is 5.94. The molecule has 9 nitrogen and oxygen atoms in total. The topological polar surface area (TPSA) is 107 Å². The predicted molar refractivity (Wildman–Crippen MR) is 150 cm³/mol. The molecule has 1 aliphatic rings. The van der Waals surface area contributed by atoms with E-state index >= 15 is 0 Å². The molecule has 1 atom stereocenters. The molecular formula is C30H36F3N5O4. The molecular weight excluding hydrogens is 551 g/mol. The van der Waals surface area contributed by atoms with Gasteiger partial charge >= 0.3 is 12.1 Å². The summed E-state index contributed by atoms with van der Waals surface area (Å²) >= 11 is 0. The third-order valence-corrected chi connectivity index (χ3v) is 7.21. The Labute approximate surface area is 242 Å². The zero-order valence-corrected chi connectivity index (χ0v) is 23.7. The van der Waals surface area contributed by atoms with E-state index in [1.165, 1.54) is 16.8 Å². The average Bonchev–Trinajstić information content (AvgIpc) is 3.40. The molecule has 226 valence electrons. The van der Waals surface area contributed by atoms with Gasteiger partial charge in [-0.25, -0.2) is 9.67 Å². The first-order chi connectivity index (χ1) is 20.2. The molecule has 1 amide bonds. The fourth-order valence-corrected chi connectivity index (χ4v) is 5.19. The van der Waals surface area contributed by atoms with Gasteiger partial charge in [-0.3, -0.25) is 9.59 Å². The molecule has 4 rings (SSSR count). The Morgan fingerprint density at radius 3 is 2.50 bits per heavy atom. The van der Waals surface area contributed by atoms with Crippen LogP contribution in [0.3, 0.4) is 0 Å². The Kier molecular flexibility index (Phi) is 10.6. The lowest BCUT2D eigenvalue weighted by molar-refractivity contribution is -0.143. The van der Waals surface area contributed by atoms with Gasteiger partial charge in [0.15, 0.2) is 5.82 Å². The molecule has 1 saturated carbocycles. The van der Waals surface area contributed by atoms with Crippen molar-refractivity contribution in [1.82, 2.24) is 20.1 Å². The first kappa shape index (κ1) is 31.0. The summed E-state index contributed by atoms with van der Waals surface area (Å²) < 4.78 is 51.7. The van der Waals surface area contributed by atoms with Crippen molar-refractivity contribution in [1.29, 1.82) is 0 Å². The Hall–Kier alpha value is -3.93. The number of hydrogen-bond acceptors (Lipinski definition) is 7. The summed E-state index contributed by atoms with van der Waals surface area (Å²) in [5.41, 5.74) is 1.67. The van der Waals surface area contributed by atoms with Gasteiger partial charge in [0.2, 0.25) is 0 Å². The second-order valence-corrected chi connectivity index (χ2v) is 10.2. The smallest absolute Gasteiger partial charge is 0.433 e. The molecule has 2 heterocycles. The van der Waals surface area contributed by atoms with Crippen LogP contribution in [0.2, 0.25) is 0 Å². The van der Waals surface area contributed by atoms with Crippen LogP contribution in [0.25, 0.3) is 5.82 Å². The van der Waals surface area contributed by atoms with Crippen LogP contribution in [0.4, 0.5) is 18.9 Å². The van der Waals surface area contributed by atoms with Crippen LogP contribution in [0.5, 0.6) is 0 Å². The van der Waals surface area contributed by atoms with Crippen LogP contribution in [0.1, 0.15) is 78.8 Å². The van der Waals surface area contributed by atoms with Gasteiger partial charge in [0.05, 0.1) is 31.4 Å². The Morgan fingerprint density at radius 2 is 1.83 bits per heavy atom. The van der Waals surface area contributed by atoms with Gasteiger partial charge in [0, 0.05) is 36.7 Å². The minimum absolute atomic E-state index is 0.0640. The first-order valence-electron chi connectivity index (χ1n) is 14.1. The normalized spacial score (nSPS) is 14.8. The number of carbonyl (C=O) groups is 2. The van der Waals surface area contributed by atoms with E-state index < -0.39 is 11.9 Å². The van der Waals surface area contributed by atoms with Gasteiger partial charge in [-0.2, -0.15) is 18.3 Å². The maximum Gasteiger partial charge on any atom is 0.433 e. The van der Waals surface area contributed by atoms with Gasteiger partial charge in [-0.05, 0) is 62.1 Å². The molecule has 42 heavy (non-hydrogen) atoms. The van der Waals surface area contributed by atoms with Gasteiger partial charge < -0.3 is 20.1 Å². The van der Waals surface area contributed by atoms with Crippen molar-refractivity contribution in [2.45, 2.75) is 64.3 Å². The lowest BCUT2D eigenvalue weighted by atomic mass is 9.81. The minimum Gasteiger partial charge on any atom is -0.466 e. The molecule has 1 fully saturated rings. The van der Waals surface area contributed by atoms with Gasteiger partial charge in [0.1, 0.15) is 5.69 Å². The lowest BCUT2D eigenvalue weighted by Gasteiger charge is -2.32. The standard InChI is InChI=1S/C30H36F3N5O4/c1-3-42-27(39)16-17-34-29(40)21-12-14-22(15-13-21)35-28(20-8-5-4-6-9-20)23-18-38(37-24(23)19-41-2)26-11-7-10-25(36-26)30(31,32)33/h7,10-15,18,20,28,35H,3-6,8-9,16-17,19H2,1-2H3,(H,34,40). The van der Waals surface area contributed by atoms with Crippen molar-refractivity contribution >= 4 is 17.6 Å². The molecule has 0 radical (unpaired) electrons. The predicted octanol–water partition coefficient (Wildman–Crippen LogP) is 5.85. The lowest BCUT2D eigenvalue weighted by Crippen LogP contribution is -2.26. The first-order valence-corrected chi connectivity index (χ1v) is 14.1. The van der Waals surface area contributed by atoms with E-state index in [4.69, 9.17) is 9.47 Å². The molecule has 3 aromatic rings. The van der Waals surface area contributed by atoms with Crippen molar-refractivity contribution in [3.8, 4) is 5.82 Å². The summed E-state index contributed by atoms with van der Waals surface area (Å²) in [6.07, 6.45) is 2.53. The third kappa shape index (κ3) is 8.09. The number of aromatic nitrogens is 3. The van der Waals surface area contributed by atoms with E-state index in [1.54, 1.807) is 32.4 Å². The minimum atomic E-state index is -4.57. The quantitative estimate of drug-likeness (QED) is 0.256. The van der Waals surface area contributed by atoms with E-state index in [2.05, 4.69) is 20.7 Å². The van der Waals surface area contributed by atoms with E-state index in [-0.39, 0.29) is 49.2 Å². The number of pyridine rings is 1. The van der Waals surface area contributed by atoms with Crippen LogP contribution in [-0.4, -0.2) is 46.9 Å². The summed E-state index contributed by atoms with van der Waals surface area (Å²) in [6.45, 7) is 2.37. The number of amides is 1. The number of benzene rings is 1. The van der Waals surface area contributed by atoms with Crippen LogP contribution in [0, 0.1) is 5.92 Å². The molecule has 0 aliphatic heterocycles. The number of nitrogens with one attached hydrogen (secondary N) is 2. The van der Waals surface area contributed by atoms with E-state index in [1.807, 2.05) is 12.1 Å². The van der Waals surface area contributed by atoms with Crippen LogP contribution in [0.15, 0.2) is 48.7 Å². The number of anilines is 1. The number of ether oxygens (including phenoxy) is 2. The molecule has 0 spiro atoms. The molecule has 0 saturated heterocycles. The number of esters is 1. The highest BCUT2D eigenvalue weighted by atomic mass is 19.4. The highest BCUT2D eigenvalue weighted by Gasteiger charge is 2.33. The van der Waals surface area contributed by atoms with Crippen molar-refractivity contribution in [2.24, 2.45) is 5.92 Å². The number of hydrogen-bond donors (Lipinski definition) is 2. The van der Waals surface area contributed by atoms with Crippen LogP contribution >= 0.6 is 0 Å². The van der Waals surface area contributed by atoms with E-state index in [0.29, 0.717) is 17.9 Å². The summed E-state index contributed by atoms with van der Waals surface area (Å²) in [5.74, 6) is -0.348. The monoisotopic (exact) mass is 587 g/mol. The van der Waals surface area contributed by atoms with Crippen molar-refractivity contribution < 1.29 is 32.2 Å². The average molecular weight is 588 g/mol. The van der Waals surface area contributed by atoms with Gasteiger partial charge in [-0.15, -0.1) is 0 Å². The van der Waals surface area contributed by atoms with Crippen LogP contribution < -0.4 is 10.6 Å². The zero-order chi connectivity index (χ0) is 30.1. The van der Waals surface area contributed by atoms with Gasteiger partial charge in [-0.1, -0.05) is 25.3 Å². The molecule has 2 aromatic heterocycles. The molecule has 12 heteroatoms. The summed E-state index contributed by atoms with van der Waals surface area (Å²) in [7, 11) is 1.55. The summed E-state index contributed by atoms with van der Waals surface area (Å²) in [4.78, 5) is 27.9. The molecule has 0 bridgehead atoms. The SMILES string of the molecule is CCOC(=O)CCNC(=O)c1ccc(NC(c2cn(-c3cccc(C(F)(F)F)n3)nc2COC)C2CCCCC2)cc1. The van der Waals surface area contributed by atoms with E-state index in [9.17, 15) is 22.8 Å². The number of halogens is 3. The summed E-state index contributed by atoms with van der Waals surface area (Å²) in [6, 6.07) is 10.6. The maximum atomic E-state index is 13.3. The second-order valence-electron chi connectivity index (χ2n) is 10.2. The van der Waals surface area contributed by atoms with Gasteiger partial charge in [0.25, 0.3) is 5.91 Å². The van der Waals surface area contributed by atoms with Crippen LogP contribution in [-0.2, 0) is 27.1 Å². The Balaban J connectivity index is 1.57. The molecule has 1 unspecified atom stereocenters. The van der Waals surface area contributed by atoms with Crippen molar-refractivity contribution in [3.63, 3.8) is 0 Å². The van der Waals surface area contributed by atoms with E-state index in [0.717, 1.165) is 49.4 Å². The number of alkyl halides is 3. The fraction of sp³-hybridized carbons (Fsp3) is 0.467. The maximum absolute atomic E-state index is 13.3. The molecule has 1 aliphatic carbocycles. The van der Waals surface area contributed by atoms with Crippen molar-refractivity contribution in [2.75, 3.05) is 25.6 Å². The Bertz CT molecular complexity index is 1340. The number of nitrogens with zero attached hydrogens (tertiary/aromatic N) is 3. The number of carbonyl (C=O) groups excluding carboxylic acids is 2. The fourth-order valence-electron chi connectivity index (χ4n) is 5.19. The molecule has 2 N–H and O–H groups in total. The zero-order valence-electron chi connectivity index (χ0n) is 23.7. The largest absolute Gasteiger partial charge is 0.466 e. The van der Waals surface area contributed by atoms with Crippen molar-refractivity contribution in [3.05, 3.63) is 71.2 Å². The number of rotatable bonds is 12. The number of methoxy groups -OCH3 is 1. The Morgan fingerprint density at radius 1 is 1.10 bits per heavy atom. The molecule has 1 aromatic carbocycles. The highest BCUT2D eigenvalue weighted by Crippen LogP contribution is 2.38.